The lowest BCUT2D eigenvalue weighted by atomic mass is 9.92. The highest BCUT2D eigenvalue weighted by molar-refractivity contribution is 5.85. The summed E-state index contributed by atoms with van der Waals surface area (Å²) in [5, 5.41) is 3.16. The van der Waals surface area contributed by atoms with E-state index in [9.17, 15) is 4.79 Å². The highest BCUT2D eigenvalue weighted by Crippen LogP contribution is 2.32. The molecule has 2 unspecified atom stereocenters. The van der Waals surface area contributed by atoms with Gasteiger partial charge in [0, 0.05) is 13.0 Å². The summed E-state index contributed by atoms with van der Waals surface area (Å²) in [6.45, 7) is 7.00. The van der Waals surface area contributed by atoms with Crippen LogP contribution in [0.15, 0.2) is 0 Å². The second-order valence-electron chi connectivity index (χ2n) is 5.73. The first-order chi connectivity index (χ1) is 8.05. The van der Waals surface area contributed by atoms with E-state index in [1.54, 1.807) is 0 Å². The van der Waals surface area contributed by atoms with E-state index in [-0.39, 0.29) is 23.9 Å². The molecule has 3 N–H and O–H groups in total. The minimum absolute atomic E-state index is 0. The average molecular weight is 277 g/mol. The minimum atomic E-state index is -0.179. The molecule has 1 amide bonds. The average Bonchev–Trinajstić information content (AvgIpc) is 2.72. The summed E-state index contributed by atoms with van der Waals surface area (Å²) < 4.78 is 0. The summed E-state index contributed by atoms with van der Waals surface area (Å²) in [6, 6.07) is 0. The first kappa shape index (κ1) is 17.7. The van der Waals surface area contributed by atoms with Gasteiger partial charge in [-0.15, -0.1) is 12.4 Å². The Balaban J connectivity index is 0.00000289. The van der Waals surface area contributed by atoms with Gasteiger partial charge in [0.2, 0.25) is 5.91 Å². The molecule has 18 heavy (non-hydrogen) atoms. The van der Waals surface area contributed by atoms with E-state index in [1.807, 2.05) is 0 Å². The number of amides is 1. The normalized spacial score (nSPS) is 23.6. The van der Waals surface area contributed by atoms with E-state index >= 15 is 0 Å². The Kier molecular flexibility index (Phi) is 7.88. The van der Waals surface area contributed by atoms with Crippen molar-refractivity contribution in [1.29, 1.82) is 0 Å². The molecule has 0 aromatic rings. The van der Waals surface area contributed by atoms with Gasteiger partial charge in [0.15, 0.2) is 0 Å². The van der Waals surface area contributed by atoms with Gasteiger partial charge in [0.1, 0.15) is 0 Å². The molecule has 108 valence electrons. The summed E-state index contributed by atoms with van der Waals surface area (Å²) in [5.74, 6) is 1.58. The van der Waals surface area contributed by atoms with E-state index in [0.717, 1.165) is 18.8 Å². The standard InChI is InChI=1S/C14H28N2O.ClH/c1-4-14(5-2,10-15)16-13(17)9-12-7-6-11(3)8-12;/h11-12H,4-10,15H2,1-3H3,(H,16,17);1H. The Bertz CT molecular complexity index is 246. The van der Waals surface area contributed by atoms with E-state index in [2.05, 4.69) is 26.1 Å². The van der Waals surface area contributed by atoms with Crippen LogP contribution < -0.4 is 11.1 Å². The molecule has 0 heterocycles. The molecular formula is C14H29ClN2O. The van der Waals surface area contributed by atoms with Crippen LogP contribution in [0.25, 0.3) is 0 Å². The van der Waals surface area contributed by atoms with Crippen molar-refractivity contribution in [3.8, 4) is 0 Å². The summed E-state index contributed by atoms with van der Waals surface area (Å²) in [6.07, 6.45) is 6.21. The minimum Gasteiger partial charge on any atom is -0.349 e. The molecule has 0 radical (unpaired) electrons. The van der Waals surface area contributed by atoms with Crippen LogP contribution >= 0.6 is 12.4 Å². The molecule has 0 aliphatic heterocycles. The second kappa shape index (κ2) is 8.00. The van der Waals surface area contributed by atoms with E-state index < -0.39 is 0 Å². The van der Waals surface area contributed by atoms with Gasteiger partial charge in [-0.05, 0) is 37.5 Å². The number of hydrogen-bond acceptors (Lipinski definition) is 2. The van der Waals surface area contributed by atoms with Crippen molar-refractivity contribution in [2.75, 3.05) is 6.54 Å². The summed E-state index contributed by atoms with van der Waals surface area (Å²) in [4.78, 5) is 12.0. The summed E-state index contributed by atoms with van der Waals surface area (Å²) in [5.41, 5.74) is 5.61. The monoisotopic (exact) mass is 276 g/mol. The number of rotatable bonds is 6. The molecule has 0 spiro atoms. The topological polar surface area (TPSA) is 55.1 Å². The highest BCUT2D eigenvalue weighted by atomic mass is 35.5. The Morgan fingerprint density at radius 3 is 2.33 bits per heavy atom. The molecule has 1 saturated carbocycles. The number of carbonyl (C=O) groups is 1. The number of hydrogen-bond donors (Lipinski definition) is 2. The Morgan fingerprint density at radius 2 is 1.94 bits per heavy atom. The van der Waals surface area contributed by atoms with Crippen LogP contribution in [-0.2, 0) is 4.79 Å². The summed E-state index contributed by atoms with van der Waals surface area (Å²) in [7, 11) is 0. The maximum Gasteiger partial charge on any atom is 0.220 e. The van der Waals surface area contributed by atoms with Gasteiger partial charge in [-0.1, -0.05) is 27.2 Å². The van der Waals surface area contributed by atoms with Gasteiger partial charge in [0.25, 0.3) is 0 Å². The maximum atomic E-state index is 12.0. The second-order valence-corrected chi connectivity index (χ2v) is 5.73. The lowest BCUT2D eigenvalue weighted by Gasteiger charge is -2.32. The van der Waals surface area contributed by atoms with Gasteiger partial charge in [-0.25, -0.2) is 0 Å². The lowest BCUT2D eigenvalue weighted by Crippen LogP contribution is -2.53. The van der Waals surface area contributed by atoms with Crippen molar-refractivity contribution in [1.82, 2.24) is 5.32 Å². The van der Waals surface area contributed by atoms with Crippen molar-refractivity contribution in [2.24, 2.45) is 17.6 Å². The van der Waals surface area contributed by atoms with E-state index in [4.69, 9.17) is 5.73 Å². The third-order valence-corrected chi connectivity index (χ3v) is 4.43. The van der Waals surface area contributed by atoms with Crippen molar-refractivity contribution in [3.63, 3.8) is 0 Å². The van der Waals surface area contributed by atoms with Crippen molar-refractivity contribution < 1.29 is 4.79 Å². The first-order valence-corrected chi connectivity index (χ1v) is 7.06. The molecule has 0 bridgehead atoms. The maximum absolute atomic E-state index is 12.0. The van der Waals surface area contributed by atoms with Gasteiger partial charge < -0.3 is 11.1 Å². The number of carbonyl (C=O) groups excluding carboxylic acids is 1. The third kappa shape index (κ3) is 4.77. The molecule has 2 atom stereocenters. The molecule has 4 heteroatoms. The number of halogens is 1. The van der Waals surface area contributed by atoms with Crippen LogP contribution in [-0.4, -0.2) is 18.0 Å². The van der Waals surface area contributed by atoms with Crippen LogP contribution in [0.1, 0.15) is 59.3 Å². The molecule has 1 aliphatic rings. The number of nitrogens with one attached hydrogen (secondary N) is 1. The van der Waals surface area contributed by atoms with Gasteiger partial charge >= 0.3 is 0 Å². The predicted octanol–water partition coefficient (Wildman–Crippen LogP) is 2.87. The van der Waals surface area contributed by atoms with Gasteiger partial charge in [0.05, 0.1) is 5.54 Å². The van der Waals surface area contributed by atoms with Crippen LogP contribution in [0.2, 0.25) is 0 Å². The highest BCUT2D eigenvalue weighted by Gasteiger charge is 2.29. The molecule has 1 rings (SSSR count). The Labute approximate surface area is 118 Å². The third-order valence-electron chi connectivity index (χ3n) is 4.43. The molecule has 0 aromatic carbocycles. The fourth-order valence-electron chi connectivity index (χ4n) is 2.89. The van der Waals surface area contributed by atoms with Crippen molar-refractivity contribution in [3.05, 3.63) is 0 Å². The fraction of sp³-hybridized carbons (Fsp3) is 0.929. The smallest absolute Gasteiger partial charge is 0.220 e. The zero-order chi connectivity index (χ0) is 12.9. The Morgan fingerprint density at radius 1 is 1.33 bits per heavy atom. The van der Waals surface area contributed by atoms with Crippen molar-refractivity contribution >= 4 is 18.3 Å². The Hall–Kier alpha value is -0.280. The number of nitrogens with two attached hydrogens (primary N) is 1. The molecule has 0 saturated heterocycles. The molecule has 1 aliphatic carbocycles. The zero-order valence-corrected chi connectivity index (χ0v) is 12.8. The molecule has 0 aromatic heterocycles. The van der Waals surface area contributed by atoms with Crippen LogP contribution in [0.5, 0.6) is 0 Å². The zero-order valence-electron chi connectivity index (χ0n) is 12.0. The lowest BCUT2D eigenvalue weighted by molar-refractivity contribution is -0.124. The quantitative estimate of drug-likeness (QED) is 0.784. The van der Waals surface area contributed by atoms with E-state index in [0.29, 0.717) is 18.9 Å². The molecule has 1 fully saturated rings. The summed E-state index contributed by atoms with van der Waals surface area (Å²) >= 11 is 0. The fourth-order valence-corrected chi connectivity index (χ4v) is 2.89. The molecule has 3 nitrogen and oxygen atoms in total. The largest absolute Gasteiger partial charge is 0.349 e. The SMILES string of the molecule is CCC(CC)(CN)NC(=O)CC1CCC(C)C1.Cl. The van der Waals surface area contributed by atoms with Crippen molar-refractivity contribution in [2.45, 2.75) is 64.8 Å². The molecular weight excluding hydrogens is 248 g/mol. The predicted molar refractivity (Wildman–Crippen MR) is 78.9 cm³/mol. The van der Waals surface area contributed by atoms with Gasteiger partial charge in [-0.2, -0.15) is 0 Å². The first-order valence-electron chi connectivity index (χ1n) is 7.06. The van der Waals surface area contributed by atoms with Crippen LogP contribution in [0.4, 0.5) is 0 Å². The van der Waals surface area contributed by atoms with Crippen LogP contribution in [0, 0.1) is 11.8 Å². The van der Waals surface area contributed by atoms with Crippen LogP contribution in [0.3, 0.4) is 0 Å². The van der Waals surface area contributed by atoms with Gasteiger partial charge in [-0.3, -0.25) is 4.79 Å². The van der Waals surface area contributed by atoms with E-state index in [1.165, 1.54) is 19.3 Å².